The van der Waals surface area contributed by atoms with E-state index in [2.05, 4.69) is 0 Å². The number of ether oxygens (including phenoxy) is 1. The van der Waals surface area contributed by atoms with Crippen molar-refractivity contribution in [3.8, 4) is 0 Å². The van der Waals surface area contributed by atoms with Crippen LogP contribution in [0.4, 0.5) is 10.5 Å². The van der Waals surface area contributed by atoms with Crippen molar-refractivity contribution in [2.45, 2.75) is 18.6 Å². The molecule has 2 heterocycles. The molecular weight excluding hydrogens is 303 g/mol. The molecule has 20 heavy (non-hydrogen) atoms. The number of fused-ring (bicyclic) bond motifs is 1. The zero-order valence-corrected chi connectivity index (χ0v) is 12.2. The fraction of sp³-hybridized carbons (Fsp3) is 0.385. The van der Waals surface area contributed by atoms with E-state index in [0.29, 0.717) is 28.7 Å². The van der Waals surface area contributed by atoms with E-state index in [1.54, 1.807) is 25.3 Å². The average Bonchev–Trinajstić information content (AvgIpc) is 2.89. The maximum Gasteiger partial charge on any atom is 0.332 e. The maximum atomic E-state index is 12.4. The summed E-state index contributed by atoms with van der Waals surface area (Å²) < 4.78 is 5.22. The summed E-state index contributed by atoms with van der Waals surface area (Å²) >= 11 is 11.8. The third-order valence-corrected chi connectivity index (χ3v) is 4.08. The molecule has 7 heteroatoms. The number of hydrogen-bond acceptors (Lipinski definition) is 3. The first kappa shape index (κ1) is 13.7. The Morgan fingerprint density at radius 1 is 1.20 bits per heavy atom. The van der Waals surface area contributed by atoms with Crippen LogP contribution in [0.2, 0.25) is 10.0 Å². The van der Waals surface area contributed by atoms with Crippen molar-refractivity contribution in [3.05, 3.63) is 28.2 Å². The van der Waals surface area contributed by atoms with E-state index < -0.39 is 6.04 Å². The number of rotatable bonds is 2. The molecule has 0 N–H and O–H groups in total. The highest BCUT2D eigenvalue weighted by atomic mass is 35.5. The number of amides is 3. The van der Waals surface area contributed by atoms with Gasteiger partial charge in [-0.3, -0.25) is 4.79 Å². The van der Waals surface area contributed by atoms with Gasteiger partial charge in [0.2, 0.25) is 0 Å². The molecule has 1 aromatic rings. The predicted molar refractivity (Wildman–Crippen MR) is 75.3 cm³/mol. The Morgan fingerprint density at radius 2 is 1.85 bits per heavy atom. The highest BCUT2D eigenvalue weighted by Crippen LogP contribution is 2.34. The van der Waals surface area contributed by atoms with E-state index in [1.807, 2.05) is 0 Å². The normalized spacial score (nSPS) is 25.6. The van der Waals surface area contributed by atoms with Gasteiger partial charge < -0.3 is 9.64 Å². The summed E-state index contributed by atoms with van der Waals surface area (Å²) in [5.41, 5.74) is 0.404. The molecule has 0 saturated carbocycles. The van der Waals surface area contributed by atoms with Gasteiger partial charge in [-0.1, -0.05) is 23.2 Å². The minimum Gasteiger partial charge on any atom is -0.380 e. The van der Waals surface area contributed by atoms with Gasteiger partial charge in [0.1, 0.15) is 6.04 Å². The highest BCUT2D eigenvalue weighted by Gasteiger charge is 2.51. The number of carbonyl (C=O) groups is 2. The summed E-state index contributed by atoms with van der Waals surface area (Å²) in [6.07, 6.45) is 0.435. The molecule has 2 saturated heterocycles. The van der Waals surface area contributed by atoms with Gasteiger partial charge in [-0.25, -0.2) is 9.69 Å². The second-order valence-corrected chi connectivity index (χ2v) is 5.72. The quantitative estimate of drug-likeness (QED) is 0.788. The maximum absolute atomic E-state index is 12.4. The van der Waals surface area contributed by atoms with Crippen LogP contribution in [0.25, 0.3) is 0 Å². The topological polar surface area (TPSA) is 49.9 Å². The lowest BCUT2D eigenvalue weighted by atomic mass is 10.2. The molecule has 0 aromatic heterocycles. The van der Waals surface area contributed by atoms with Gasteiger partial charge in [0.05, 0.1) is 11.8 Å². The third-order valence-electron chi connectivity index (χ3n) is 3.64. The first-order chi connectivity index (χ1) is 9.51. The standard InChI is InChI=1S/C13H12Cl2N2O3/c1-20-10-5-11-12(18)17(13(19)16(11)6-10)9-3-7(14)2-8(15)4-9/h2-4,10-11H,5-6H2,1H3. The van der Waals surface area contributed by atoms with E-state index >= 15 is 0 Å². The van der Waals surface area contributed by atoms with Crippen molar-refractivity contribution in [2.24, 2.45) is 0 Å². The second kappa shape index (κ2) is 4.91. The van der Waals surface area contributed by atoms with Gasteiger partial charge in [-0.2, -0.15) is 0 Å². The van der Waals surface area contributed by atoms with Gasteiger partial charge in [0.15, 0.2) is 0 Å². The molecule has 1 aromatic carbocycles. The summed E-state index contributed by atoms with van der Waals surface area (Å²) in [5, 5.41) is 0.768. The van der Waals surface area contributed by atoms with Gasteiger partial charge >= 0.3 is 6.03 Å². The van der Waals surface area contributed by atoms with Crippen LogP contribution in [-0.2, 0) is 9.53 Å². The molecule has 2 aliphatic rings. The number of anilines is 1. The lowest BCUT2D eigenvalue weighted by Crippen LogP contribution is -2.35. The summed E-state index contributed by atoms with van der Waals surface area (Å²) in [6, 6.07) is 3.86. The molecule has 106 valence electrons. The Morgan fingerprint density at radius 3 is 2.40 bits per heavy atom. The minimum absolute atomic E-state index is 0.0852. The SMILES string of the molecule is COC1CC2C(=O)N(c3cc(Cl)cc(Cl)c3)C(=O)N2C1. The number of halogens is 2. The second-order valence-electron chi connectivity index (χ2n) is 4.85. The molecule has 3 rings (SSSR count). The number of hydrogen-bond donors (Lipinski definition) is 0. The van der Waals surface area contributed by atoms with Crippen molar-refractivity contribution < 1.29 is 14.3 Å². The number of imide groups is 1. The van der Waals surface area contributed by atoms with Crippen molar-refractivity contribution in [3.63, 3.8) is 0 Å². The van der Waals surface area contributed by atoms with Crippen LogP contribution in [0.5, 0.6) is 0 Å². The smallest absolute Gasteiger partial charge is 0.332 e. The molecule has 3 amide bonds. The Balaban J connectivity index is 1.93. The fourth-order valence-electron chi connectivity index (χ4n) is 2.69. The molecule has 5 nitrogen and oxygen atoms in total. The lowest BCUT2D eigenvalue weighted by Gasteiger charge is -2.17. The lowest BCUT2D eigenvalue weighted by molar-refractivity contribution is -0.119. The molecule has 2 unspecified atom stereocenters. The third kappa shape index (κ3) is 2.06. The average molecular weight is 315 g/mol. The summed E-state index contributed by atoms with van der Waals surface area (Å²) in [4.78, 5) is 27.4. The summed E-state index contributed by atoms with van der Waals surface area (Å²) in [5.74, 6) is -0.257. The monoisotopic (exact) mass is 314 g/mol. The molecule has 2 aliphatic heterocycles. The Bertz CT molecular complexity index is 549. The Kier molecular flexibility index (Phi) is 3.36. The highest BCUT2D eigenvalue weighted by molar-refractivity contribution is 6.35. The Labute approximate surface area is 126 Å². The molecule has 2 atom stereocenters. The van der Waals surface area contributed by atoms with E-state index in [0.717, 1.165) is 4.90 Å². The van der Waals surface area contributed by atoms with Crippen LogP contribution in [0.3, 0.4) is 0 Å². The number of methoxy groups -OCH3 is 1. The zero-order valence-electron chi connectivity index (χ0n) is 10.7. The first-order valence-electron chi connectivity index (χ1n) is 6.14. The molecular formula is C13H12Cl2N2O3. The molecule has 0 aliphatic carbocycles. The number of urea groups is 1. The van der Waals surface area contributed by atoms with Crippen LogP contribution >= 0.6 is 23.2 Å². The van der Waals surface area contributed by atoms with Crippen LogP contribution in [-0.4, -0.2) is 42.6 Å². The molecule has 0 spiro atoms. The molecule has 2 fully saturated rings. The van der Waals surface area contributed by atoms with Crippen molar-refractivity contribution in [2.75, 3.05) is 18.6 Å². The number of nitrogens with zero attached hydrogens (tertiary/aromatic N) is 2. The van der Waals surface area contributed by atoms with Gasteiger partial charge in [0.25, 0.3) is 5.91 Å². The predicted octanol–water partition coefficient (Wildman–Crippen LogP) is 2.55. The Hall–Kier alpha value is -1.30. The minimum atomic E-state index is -0.454. The van der Waals surface area contributed by atoms with E-state index in [9.17, 15) is 9.59 Å². The number of carbonyl (C=O) groups excluding carboxylic acids is 2. The van der Waals surface area contributed by atoms with Crippen molar-refractivity contribution in [1.82, 2.24) is 4.90 Å². The van der Waals surface area contributed by atoms with E-state index in [4.69, 9.17) is 27.9 Å². The number of benzene rings is 1. The van der Waals surface area contributed by atoms with Crippen LogP contribution in [0.15, 0.2) is 18.2 Å². The molecule has 0 bridgehead atoms. The van der Waals surface area contributed by atoms with Crippen LogP contribution < -0.4 is 4.90 Å². The van der Waals surface area contributed by atoms with Crippen LogP contribution in [0, 0.1) is 0 Å². The van der Waals surface area contributed by atoms with E-state index in [-0.39, 0.29) is 18.0 Å². The van der Waals surface area contributed by atoms with Crippen molar-refractivity contribution in [1.29, 1.82) is 0 Å². The first-order valence-corrected chi connectivity index (χ1v) is 6.90. The van der Waals surface area contributed by atoms with Crippen molar-refractivity contribution >= 4 is 40.8 Å². The molecule has 0 radical (unpaired) electrons. The fourth-order valence-corrected chi connectivity index (χ4v) is 3.21. The van der Waals surface area contributed by atoms with Crippen LogP contribution in [0.1, 0.15) is 6.42 Å². The van der Waals surface area contributed by atoms with Gasteiger partial charge in [-0.15, -0.1) is 0 Å². The zero-order chi connectivity index (χ0) is 14.4. The van der Waals surface area contributed by atoms with Gasteiger partial charge in [-0.05, 0) is 18.2 Å². The summed E-state index contributed by atoms with van der Waals surface area (Å²) in [6.45, 7) is 0.427. The largest absolute Gasteiger partial charge is 0.380 e. The van der Waals surface area contributed by atoms with E-state index in [1.165, 1.54) is 4.90 Å². The summed E-state index contributed by atoms with van der Waals surface area (Å²) in [7, 11) is 1.58. The van der Waals surface area contributed by atoms with Gasteiger partial charge in [0, 0.05) is 30.1 Å².